The zero-order valence-electron chi connectivity index (χ0n) is 16.0. The summed E-state index contributed by atoms with van der Waals surface area (Å²) in [5, 5.41) is 5.35. The maximum atomic E-state index is 12.4. The van der Waals surface area contributed by atoms with Crippen molar-refractivity contribution in [3.05, 3.63) is 65.2 Å². The van der Waals surface area contributed by atoms with E-state index in [0.717, 1.165) is 0 Å². The quantitative estimate of drug-likeness (QED) is 0.672. The molecule has 1 aromatic heterocycles. The second-order valence-corrected chi connectivity index (χ2v) is 6.62. The topological polar surface area (TPSA) is 112 Å². The molecule has 0 bridgehead atoms. The van der Waals surface area contributed by atoms with Crippen LogP contribution in [0.25, 0.3) is 11.3 Å². The number of anilines is 2. The third-order valence-corrected chi connectivity index (χ3v) is 4.35. The Balaban J connectivity index is 1.43. The van der Waals surface area contributed by atoms with Crippen LogP contribution in [0.2, 0.25) is 0 Å². The van der Waals surface area contributed by atoms with Gasteiger partial charge in [0, 0.05) is 29.9 Å². The van der Waals surface area contributed by atoms with Gasteiger partial charge in [-0.15, -0.1) is 0 Å². The van der Waals surface area contributed by atoms with Gasteiger partial charge in [-0.2, -0.15) is 0 Å². The minimum Gasteiger partial charge on any atom is -0.454 e. The molecule has 1 aliphatic heterocycles. The summed E-state index contributed by atoms with van der Waals surface area (Å²) in [4.78, 5) is 40.0. The maximum Gasteiger partial charge on any atom is 0.254 e. The van der Waals surface area contributed by atoms with E-state index in [0.29, 0.717) is 34.1 Å². The average molecular weight is 406 g/mol. The van der Waals surface area contributed by atoms with Gasteiger partial charge in [0.25, 0.3) is 5.56 Å². The van der Waals surface area contributed by atoms with Gasteiger partial charge in [0.1, 0.15) is 6.54 Å². The fraction of sp³-hybridized carbons (Fsp3) is 0.143. The van der Waals surface area contributed by atoms with Gasteiger partial charge in [-0.3, -0.25) is 19.0 Å². The molecule has 9 heteroatoms. The summed E-state index contributed by atoms with van der Waals surface area (Å²) >= 11 is 0. The number of aromatic nitrogens is 2. The first-order chi connectivity index (χ1) is 14.5. The monoisotopic (exact) mass is 406 g/mol. The lowest BCUT2D eigenvalue weighted by molar-refractivity contribution is -0.117. The molecule has 0 saturated heterocycles. The van der Waals surface area contributed by atoms with Crippen LogP contribution in [0.1, 0.15) is 6.92 Å². The molecular weight excluding hydrogens is 388 g/mol. The zero-order valence-corrected chi connectivity index (χ0v) is 16.0. The highest BCUT2D eigenvalue weighted by atomic mass is 16.7. The fourth-order valence-corrected chi connectivity index (χ4v) is 2.95. The molecule has 0 unspecified atom stereocenters. The highest BCUT2D eigenvalue weighted by Gasteiger charge is 2.15. The number of nitrogens with zero attached hydrogens (tertiary/aromatic N) is 2. The van der Waals surface area contributed by atoms with E-state index >= 15 is 0 Å². The summed E-state index contributed by atoms with van der Waals surface area (Å²) in [6.45, 7) is 1.40. The van der Waals surface area contributed by atoms with Gasteiger partial charge in [-0.1, -0.05) is 0 Å². The Morgan fingerprint density at radius 1 is 1.00 bits per heavy atom. The minimum atomic E-state index is -0.373. The molecule has 0 aliphatic carbocycles. The number of carbonyl (C=O) groups excluding carboxylic acids is 2. The van der Waals surface area contributed by atoms with Crippen LogP contribution in [-0.2, 0) is 16.1 Å². The Hall–Kier alpha value is -4.14. The third kappa shape index (κ3) is 4.30. The van der Waals surface area contributed by atoms with E-state index in [4.69, 9.17) is 9.47 Å². The van der Waals surface area contributed by atoms with E-state index in [9.17, 15) is 14.4 Å². The predicted molar refractivity (Wildman–Crippen MR) is 109 cm³/mol. The molecule has 2 amide bonds. The molecule has 2 N–H and O–H groups in total. The van der Waals surface area contributed by atoms with Crippen LogP contribution in [0.3, 0.4) is 0 Å². The molecule has 0 saturated carbocycles. The minimum absolute atomic E-state index is 0.166. The molecule has 2 heterocycles. The van der Waals surface area contributed by atoms with E-state index < -0.39 is 0 Å². The summed E-state index contributed by atoms with van der Waals surface area (Å²) < 4.78 is 11.8. The number of ether oxygens (including phenoxy) is 2. The third-order valence-electron chi connectivity index (χ3n) is 4.35. The van der Waals surface area contributed by atoms with Crippen LogP contribution >= 0.6 is 0 Å². The summed E-state index contributed by atoms with van der Waals surface area (Å²) in [6, 6.07) is 13.3. The number of hydrogen-bond donors (Lipinski definition) is 2. The maximum absolute atomic E-state index is 12.4. The highest BCUT2D eigenvalue weighted by molar-refractivity contribution is 5.92. The number of rotatable bonds is 5. The molecule has 4 rings (SSSR count). The van der Waals surface area contributed by atoms with Crippen molar-refractivity contribution >= 4 is 23.2 Å². The Bertz CT molecular complexity index is 1170. The average Bonchev–Trinajstić information content (AvgIpc) is 3.18. The number of nitrogens with one attached hydrogen (secondary N) is 2. The standard InChI is InChI=1S/C21H18N4O5/c1-13(26)23-15-3-5-16(6-4-15)24-20(27)10-25-11-22-17(9-21(25)28)14-2-7-18-19(8-14)30-12-29-18/h2-9,11H,10,12H2,1H3,(H,23,26)(H,24,27). The smallest absolute Gasteiger partial charge is 0.254 e. The van der Waals surface area contributed by atoms with Crippen LogP contribution in [-0.4, -0.2) is 28.2 Å². The SMILES string of the molecule is CC(=O)Nc1ccc(NC(=O)Cn2cnc(-c3ccc4c(c3)OCO4)cc2=O)cc1. The van der Waals surface area contributed by atoms with Crippen LogP contribution < -0.4 is 25.7 Å². The first kappa shape index (κ1) is 19.2. The van der Waals surface area contributed by atoms with Crippen molar-refractivity contribution in [2.45, 2.75) is 13.5 Å². The number of amides is 2. The van der Waals surface area contributed by atoms with E-state index in [1.54, 1.807) is 42.5 Å². The summed E-state index contributed by atoms with van der Waals surface area (Å²) in [6.07, 6.45) is 1.34. The second kappa shape index (κ2) is 8.08. The fourth-order valence-electron chi connectivity index (χ4n) is 2.95. The largest absolute Gasteiger partial charge is 0.454 e. The lowest BCUT2D eigenvalue weighted by atomic mass is 10.1. The molecule has 0 atom stereocenters. The molecular formula is C21H18N4O5. The van der Waals surface area contributed by atoms with Gasteiger partial charge in [0.05, 0.1) is 12.0 Å². The van der Waals surface area contributed by atoms with E-state index in [2.05, 4.69) is 15.6 Å². The molecule has 0 radical (unpaired) electrons. The normalized spacial score (nSPS) is 11.8. The Morgan fingerprint density at radius 3 is 2.40 bits per heavy atom. The van der Waals surface area contributed by atoms with Crippen molar-refractivity contribution in [2.75, 3.05) is 17.4 Å². The first-order valence-corrected chi connectivity index (χ1v) is 9.12. The van der Waals surface area contributed by atoms with Crippen LogP contribution in [0.5, 0.6) is 11.5 Å². The van der Waals surface area contributed by atoms with Crippen molar-refractivity contribution in [2.24, 2.45) is 0 Å². The van der Waals surface area contributed by atoms with Crippen LogP contribution in [0.4, 0.5) is 11.4 Å². The first-order valence-electron chi connectivity index (χ1n) is 9.12. The summed E-state index contributed by atoms with van der Waals surface area (Å²) in [7, 11) is 0. The number of benzene rings is 2. The lowest BCUT2D eigenvalue weighted by Gasteiger charge is -2.09. The molecule has 9 nitrogen and oxygen atoms in total. The van der Waals surface area contributed by atoms with Crippen molar-refractivity contribution < 1.29 is 19.1 Å². The van der Waals surface area contributed by atoms with E-state index in [1.165, 1.54) is 23.9 Å². The van der Waals surface area contributed by atoms with Gasteiger partial charge in [0.15, 0.2) is 11.5 Å². The van der Waals surface area contributed by atoms with Crippen LogP contribution in [0.15, 0.2) is 59.7 Å². The Labute approximate surface area is 171 Å². The van der Waals surface area contributed by atoms with Gasteiger partial charge in [-0.05, 0) is 42.5 Å². The molecule has 0 spiro atoms. The van der Waals surface area contributed by atoms with Crippen molar-refractivity contribution in [1.82, 2.24) is 9.55 Å². The van der Waals surface area contributed by atoms with Crippen molar-refractivity contribution in [3.63, 3.8) is 0 Å². The van der Waals surface area contributed by atoms with E-state index in [-0.39, 0.29) is 30.7 Å². The molecule has 1 aliphatic rings. The highest BCUT2D eigenvalue weighted by Crippen LogP contribution is 2.35. The lowest BCUT2D eigenvalue weighted by Crippen LogP contribution is -2.27. The van der Waals surface area contributed by atoms with Crippen molar-refractivity contribution in [1.29, 1.82) is 0 Å². The Morgan fingerprint density at radius 2 is 1.70 bits per heavy atom. The molecule has 152 valence electrons. The molecule has 3 aromatic rings. The van der Waals surface area contributed by atoms with Gasteiger partial charge in [0.2, 0.25) is 18.6 Å². The van der Waals surface area contributed by atoms with Crippen LogP contribution in [0, 0.1) is 0 Å². The zero-order chi connectivity index (χ0) is 21.1. The second-order valence-electron chi connectivity index (χ2n) is 6.62. The summed E-state index contributed by atoms with van der Waals surface area (Å²) in [5.41, 5.74) is 2.01. The predicted octanol–water partition coefficient (Wildman–Crippen LogP) is 2.24. The van der Waals surface area contributed by atoms with Gasteiger partial charge in [-0.25, -0.2) is 4.98 Å². The van der Waals surface area contributed by atoms with Gasteiger partial charge >= 0.3 is 0 Å². The summed E-state index contributed by atoms with van der Waals surface area (Å²) in [5.74, 6) is 0.695. The molecule has 30 heavy (non-hydrogen) atoms. The molecule has 0 fully saturated rings. The molecule has 2 aromatic carbocycles. The number of carbonyl (C=O) groups is 2. The number of fused-ring (bicyclic) bond motifs is 1. The van der Waals surface area contributed by atoms with E-state index in [1.807, 2.05) is 0 Å². The van der Waals surface area contributed by atoms with Gasteiger partial charge < -0.3 is 20.1 Å². The van der Waals surface area contributed by atoms with Crippen molar-refractivity contribution in [3.8, 4) is 22.8 Å². The Kier molecular flexibility index (Phi) is 5.17. The number of hydrogen-bond acceptors (Lipinski definition) is 6.